The molecule has 0 aromatic rings. The molecule has 2 aliphatic heterocycles. The van der Waals surface area contributed by atoms with E-state index in [0.717, 1.165) is 45.4 Å². The van der Waals surface area contributed by atoms with Crippen LogP contribution in [0.25, 0.3) is 0 Å². The minimum absolute atomic E-state index is 0. The zero-order valence-electron chi connectivity index (χ0n) is 12.3. The molecule has 3 rings (SSSR count). The Morgan fingerprint density at radius 1 is 1.25 bits per heavy atom. The normalized spacial score (nSPS) is 34.2. The molecule has 1 saturated carbocycles. The number of nitrogens with zero attached hydrogens (tertiary/aromatic N) is 1. The van der Waals surface area contributed by atoms with E-state index in [-0.39, 0.29) is 17.8 Å². The van der Waals surface area contributed by atoms with Crippen molar-refractivity contribution >= 4 is 18.3 Å². The number of hydrogen-bond donors (Lipinski definition) is 1. The highest BCUT2D eigenvalue weighted by atomic mass is 35.5. The third-order valence-electron chi connectivity index (χ3n) is 5.62. The number of allylic oxidation sites excluding steroid dienone is 1. The van der Waals surface area contributed by atoms with Gasteiger partial charge in [-0.25, -0.2) is 0 Å². The molecule has 3 fully saturated rings. The molecule has 114 valence electrons. The van der Waals surface area contributed by atoms with Crippen LogP contribution in [0.15, 0.2) is 12.7 Å². The number of carbonyl (C=O) groups excluding carboxylic acids is 1. The second-order valence-corrected chi connectivity index (χ2v) is 6.60. The second-order valence-electron chi connectivity index (χ2n) is 6.60. The van der Waals surface area contributed by atoms with Crippen molar-refractivity contribution in [3.63, 3.8) is 0 Å². The van der Waals surface area contributed by atoms with Crippen LogP contribution in [0.1, 0.15) is 38.5 Å². The Bertz CT molecular complexity index is 365. The molecule has 0 bridgehead atoms. The van der Waals surface area contributed by atoms with Crippen LogP contribution in [0.4, 0.5) is 0 Å². The van der Waals surface area contributed by atoms with E-state index in [2.05, 4.69) is 22.9 Å². The zero-order chi connectivity index (χ0) is 13.3. The van der Waals surface area contributed by atoms with Crippen molar-refractivity contribution in [2.45, 2.75) is 38.5 Å². The van der Waals surface area contributed by atoms with Gasteiger partial charge in [-0.15, -0.1) is 19.0 Å². The summed E-state index contributed by atoms with van der Waals surface area (Å²) in [7, 11) is 0. The van der Waals surface area contributed by atoms with Gasteiger partial charge < -0.3 is 10.2 Å². The highest BCUT2D eigenvalue weighted by Crippen LogP contribution is 2.45. The highest BCUT2D eigenvalue weighted by molar-refractivity contribution is 5.85. The molecule has 0 unspecified atom stereocenters. The lowest BCUT2D eigenvalue weighted by molar-refractivity contribution is -0.146. The number of amides is 1. The van der Waals surface area contributed by atoms with Crippen molar-refractivity contribution in [2.75, 3.05) is 26.2 Å². The lowest BCUT2D eigenvalue weighted by Gasteiger charge is -2.42. The van der Waals surface area contributed by atoms with Gasteiger partial charge in [-0.05, 0) is 44.1 Å². The van der Waals surface area contributed by atoms with E-state index in [1.807, 2.05) is 0 Å². The van der Waals surface area contributed by atoms with E-state index in [9.17, 15) is 4.79 Å². The number of piperidine rings is 1. The maximum absolute atomic E-state index is 13.0. The molecule has 2 atom stereocenters. The number of nitrogens with one attached hydrogen (secondary N) is 1. The fraction of sp³-hybridized carbons (Fsp3) is 0.812. The molecular weight excluding hydrogens is 272 g/mol. The van der Waals surface area contributed by atoms with Crippen molar-refractivity contribution in [3.05, 3.63) is 12.7 Å². The summed E-state index contributed by atoms with van der Waals surface area (Å²) in [6.07, 6.45) is 9.13. The third-order valence-corrected chi connectivity index (χ3v) is 5.62. The summed E-state index contributed by atoms with van der Waals surface area (Å²) in [4.78, 5) is 15.2. The van der Waals surface area contributed by atoms with E-state index < -0.39 is 0 Å². The zero-order valence-corrected chi connectivity index (χ0v) is 13.1. The molecule has 0 radical (unpaired) electrons. The van der Waals surface area contributed by atoms with Gasteiger partial charge in [0.25, 0.3) is 0 Å². The summed E-state index contributed by atoms with van der Waals surface area (Å²) in [5, 5.41) is 3.48. The Morgan fingerprint density at radius 2 is 2.00 bits per heavy atom. The topological polar surface area (TPSA) is 32.3 Å². The average molecular weight is 299 g/mol. The maximum Gasteiger partial charge on any atom is 0.230 e. The van der Waals surface area contributed by atoms with Crippen LogP contribution in [0, 0.1) is 17.3 Å². The molecule has 3 aliphatic rings. The first kappa shape index (κ1) is 15.8. The summed E-state index contributed by atoms with van der Waals surface area (Å²) in [6, 6.07) is 0. The van der Waals surface area contributed by atoms with E-state index in [1.165, 1.54) is 19.3 Å². The maximum atomic E-state index is 13.0. The van der Waals surface area contributed by atoms with Gasteiger partial charge in [-0.1, -0.05) is 18.9 Å². The van der Waals surface area contributed by atoms with Crippen LogP contribution >= 0.6 is 12.4 Å². The minimum atomic E-state index is -0.0563. The summed E-state index contributed by atoms with van der Waals surface area (Å²) >= 11 is 0. The molecule has 0 aromatic carbocycles. The van der Waals surface area contributed by atoms with Gasteiger partial charge in [-0.3, -0.25) is 4.79 Å². The Morgan fingerprint density at radius 3 is 2.70 bits per heavy atom. The van der Waals surface area contributed by atoms with Crippen molar-refractivity contribution in [1.82, 2.24) is 10.2 Å². The molecular formula is C16H27ClN2O. The first-order chi connectivity index (χ1) is 9.26. The molecule has 3 nitrogen and oxygen atoms in total. The van der Waals surface area contributed by atoms with Crippen molar-refractivity contribution in [1.29, 1.82) is 0 Å². The lowest BCUT2D eigenvalue weighted by Crippen LogP contribution is -2.51. The van der Waals surface area contributed by atoms with Crippen LogP contribution in [0.2, 0.25) is 0 Å². The molecule has 4 heteroatoms. The minimum Gasteiger partial charge on any atom is -0.342 e. The second kappa shape index (κ2) is 6.48. The van der Waals surface area contributed by atoms with E-state index >= 15 is 0 Å². The number of likely N-dealkylation sites (tertiary alicyclic amines) is 1. The van der Waals surface area contributed by atoms with E-state index in [0.29, 0.717) is 17.7 Å². The fourth-order valence-electron chi connectivity index (χ4n) is 4.32. The number of halogens is 1. The summed E-state index contributed by atoms with van der Waals surface area (Å²) in [5.74, 6) is 1.65. The van der Waals surface area contributed by atoms with Crippen LogP contribution in [-0.4, -0.2) is 37.0 Å². The van der Waals surface area contributed by atoms with Gasteiger partial charge in [0, 0.05) is 19.6 Å². The van der Waals surface area contributed by atoms with Crippen molar-refractivity contribution in [2.24, 2.45) is 17.3 Å². The summed E-state index contributed by atoms with van der Waals surface area (Å²) in [6.45, 7) is 7.72. The largest absolute Gasteiger partial charge is 0.342 e. The molecule has 2 heterocycles. The standard InChI is InChI=1S/C16H26N2O.ClH/c1-2-13-6-9-18(10-7-13)15(19)16-8-4-3-5-14(16)11-17-12-16;/h2,13-14,17H,1,3-12H2;1H/t14-,16+;/m0./s1. The van der Waals surface area contributed by atoms with Gasteiger partial charge in [0.1, 0.15) is 0 Å². The molecule has 2 saturated heterocycles. The summed E-state index contributed by atoms with van der Waals surface area (Å²) < 4.78 is 0. The van der Waals surface area contributed by atoms with Crippen LogP contribution in [0.3, 0.4) is 0 Å². The van der Waals surface area contributed by atoms with E-state index in [1.54, 1.807) is 0 Å². The Labute approximate surface area is 128 Å². The average Bonchev–Trinajstić information content (AvgIpc) is 2.91. The molecule has 1 aliphatic carbocycles. The number of carbonyl (C=O) groups is 1. The first-order valence-electron chi connectivity index (χ1n) is 7.89. The lowest BCUT2D eigenvalue weighted by atomic mass is 9.67. The molecule has 1 amide bonds. The summed E-state index contributed by atoms with van der Waals surface area (Å²) in [5.41, 5.74) is -0.0563. The predicted molar refractivity (Wildman–Crippen MR) is 84.0 cm³/mol. The van der Waals surface area contributed by atoms with Crippen LogP contribution < -0.4 is 5.32 Å². The van der Waals surface area contributed by atoms with Crippen molar-refractivity contribution < 1.29 is 4.79 Å². The van der Waals surface area contributed by atoms with Crippen molar-refractivity contribution in [3.8, 4) is 0 Å². The van der Waals surface area contributed by atoms with Gasteiger partial charge in [0.15, 0.2) is 0 Å². The molecule has 1 N–H and O–H groups in total. The van der Waals surface area contributed by atoms with Gasteiger partial charge in [0.05, 0.1) is 5.41 Å². The van der Waals surface area contributed by atoms with Crippen LogP contribution in [-0.2, 0) is 4.79 Å². The quantitative estimate of drug-likeness (QED) is 0.795. The van der Waals surface area contributed by atoms with Gasteiger partial charge >= 0.3 is 0 Å². The monoisotopic (exact) mass is 298 g/mol. The number of fused-ring (bicyclic) bond motifs is 1. The third kappa shape index (κ3) is 2.62. The number of rotatable bonds is 2. The highest BCUT2D eigenvalue weighted by Gasteiger charge is 2.51. The van der Waals surface area contributed by atoms with Gasteiger partial charge in [0.2, 0.25) is 5.91 Å². The predicted octanol–water partition coefficient (Wildman–Crippen LogP) is 2.61. The Hall–Kier alpha value is -0.540. The molecule has 20 heavy (non-hydrogen) atoms. The smallest absolute Gasteiger partial charge is 0.230 e. The fourth-order valence-corrected chi connectivity index (χ4v) is 4.32. The SMILES string of the molecule is C=CC1CCN(C(=O)[C@@]23CCCC[C@H]2CNC3)CC1.Cl. The van der Waals surface area contributed by atoms with E-state index in [4.69, 9.17) is 0 Å². The molecule has 0 aromatic heterocycles. The molecule has 0 spiro atoms. The number of hydrogen-bond acceptors (Lipinski definition) is 2. The Balaban J connectivity index is 0.00000147. The first-order valence-corrected chi connectivity index (χ1v) is 7.89. The van der Waals surface area contributed by atoms with Crippen LogP contribution in [0.5, 0.6) is 0 Å². The Kier molecular flexibility index (Phi) is 5.14. The van der Waals surface area contributed by atoms with Gasteiger partial charge in [-0.2, -0.15) is 0 Å².